The van der Waals surface area contributed by atoms with E-state index in [1.807, 2.05) is 0 Å². The minimum atomic E-state index is 0. The smallest absolute Gasteiger partial charge is 0.0786 e. The van der Waals surface area contributed by atoms with Gasteiger partial charge in [-0.1, -0.05) is 13.3 Å². The molecule has 0 atom stereocenters. The van der Waals surface area contributed by atoms with Crippen LogP contribution in [-0.4, -0.2) is 31.2 Å². The van der Waals surface area contributed by atoms with Gasteiger partial charge in [0.05, 0.1) is 26.7 Å². The summed E-state index contributed by atoms with van der Waals surface area (Å²) in [5, 5.41) is 0. The molecule has 0 spiro atoms. The van der Waals surface area contributed by atoms with Gasteiger partial charge in [-0.3, -0.25) is 0 Å². The highest BCUT2D eigenvalue weighted by Crippen LogP contribution is 2.17. The molecule has 2 heteroatoms. The lowest BCUT2D eigenvalue weighted by Gasteiger charge is -2.28. The zero-order valence-electron chi connectivity index (χ0n) is 8.48. The van der Waals surface area contributed by atoms with Crippen molar-refractivity contribution < 1.29 is 21.5 Å². The second kappa shape index (κ2) is 5.98. The molecule has 1 aliphatic rings. The molecule has 0 aromatic carbocycles. The Bertz CT molecular complexity index is 108. The SMILES string of the molecule is CCCCC[N+]1(C)CCCC1.[Br-]. The fourth-order valence-electron chi connectivity index (χ4n) is 2.07. The van der Waals surface area contributed by atoms with Crippen molar-refractivity contribution in [1.82, 2.24) is 0 Å². The van der Waals surface area contributed by atoms with Crippen molar-refractivity contribution in [2.24, 2.45) is 0 Å². The molecule has 1 saturated heterocycles. The van der Waals surface area contributed by atoms with Crippen molar-refractivity contribution in [3.63, 3.8) is 0 Å². The zero-order chi connectivity index (χ0) is 8.16. The second-order valence-electron chi connectivity index (χ2n) is 4.20. The summed E-state index contributed by atoms with van der Waals surface area (Å²) in [6.45, 7) is 6.57. The molecule has 0 bridgehead atoms. The minimum absolute atomic E-state index is 0. The van der Waals surface area contributed by atoms with E-state index in [-0.39, 0.29) is 17.0 Å². The van der Waals surface area contributed by atoms with Gasteiger partial charge in [-0.15, -0.1) is 0 Å². The molecule has 1 fully saturated rings. The summed E-state index contributed by atoms with van der Waals surface area (Å²) in [5.74, 6) is 0. The molecule has 0 aliphatic carbocycles. The molecule has 1 nitrogen and oxygen atoms in total. The molecule has 0 aromatic heterocycles. The van der Waals surface area contributed by atoms with E-state index in [4.69, 9.17) is 0 Å². The van der Waals surface area contributed by atoms with Crippen LogP contribution in [0.1, 0.15) is 39.0 Å². The average molecular weight is 236 g/mol. The Balaban J connectivity index is 0.00000121. The minimum Gasteiger partial charge on any atom is -1.00 e. The van der Waals surface area contributed by atoms with Crippen LogP contribution in [0.3, 0.4) is 0 Å². The monoisotopic (exact) mass is 235 g/mol. The maximum Gasteiger partial charge on any atom is 0.0786 e. The maximum absolute atomic E-state index is 2.42. The molecule has 0 saturated carbocycles. The van der Waals surface area contributed by atoms with Crippen LogP contribution < -0.4 is 17.0 Å². The number of hydrogen-bond donors (Lipinski definition) is 0. The largest absolute Gasteiger partial charge is 1.00 e. The first-order chi connectivity index (χ1) is 5.27. The molecule has 0 unspecified atom stereocenters. The van der Waals surface area contributed by atoms with Crippen molar-refractivity contribution >= 4 is 0 Å². The van der Waals surface area contributed by atoms with Crippen LogP contribution in [0.4, 0.5) is 0 Å². The molecular weight excluding hydrogens is 214 g/mol. The summed E-state index contributed by atoms with van der Waals surface area (Å²) in [6, 6.07) is 0. The second-order valence-corrected chi connectivity index (χ2v) is 4.20. The molecule has 0 aromatic rings. The van der Waals surface area contributed by atoms with E-state index in [0.717, 1.165) is 0 Å². The third kappa shape index (κ3) is 3.90. The van der Waals surface area contributed by atoms with Gasteiger partial charge in [-0.2, -0.15) is 0 Å². The van der Waals surface area contributed by atoms with Gasteiger partial charge in [-0.05, 0) is 12.8 Å². The number of quaternary nitrogens is 1. The topological polar surface area (TPSA) is 0 Å². The van der Waals surface area contributed by atoms with Crippen LogP contribution in [0, 0.1) is 0 Å². The quantitative estimate of drug-likeness (QED) is 0.452. The van der Waals surface area contributed by atoms with Gasteiger partial charge < -0.3 is 21.5 Å². The lowest BCUT2D eigenvalue weighted by molar-refractivity contribution is -0.897. The molecule has 12 heavy (non-hydrogen) atoms. The van der Waals surface area contributed by atoms with Crippen LogP contribution >= 0.6 is 0 Å². The van der Waals surface area contributed by atoms with E-state index in [9.17, 15) is 0 Å². The van der Waals surface area contributed by atoms with Crippen molar-refractivity contribution in [2.75, 3.05) is 26.7 Å². The van der Waals surface area contributed by atoms with Crippen molar-refractivity contribution in [3.05, 3.63) is 0 Å². The van der Waals surface area contributed by atoms with Gasteiger partial charge in [0.15, 0.2) is 0 Å². The first-order valence-corrected chi connectivity index (χ1v) is 5.10. The highest BCUT2D eigenvalue weighted by molar-refractivity contribution is 4.51. The first kappa shape index (κ1) is 12.4. The molecule has 0 N–H and O–H groups in total. The maximum atomic E-state index is 2.42. The average Bonchev–Trinajstić information content (AvgIpc) is 2.38. The number of nitrogens with zero attached hydrogens (tertiary/aromatic N) is 1. The number of likely N-dealkylation sites (tertiary alicyclic amines) is 1. The van der Waals surface area contributed by atoms with Crippen molar-refractivity contribution in [1.29, 1.82) is 0 Å². The molecule has 1 heterocycles. The number of unbranched alkanes of at least 4 members (excludes halogenated alkanes) is 2. The van der Waals surface area contributed by atoms with Gasteiger partial charge in [0.25, 0.3) is 0 Å². The van der Waals surface area contributed by atoms with Crippen molar-refractivity contribution in [2.45, 2.75) is 39.0 Å². The van der Waals surface area contributed by atoms with Gasteiger partial charge in [0, 0.05) is 12.8 Å². The summed E-state index contributed by atoms with van der Waals surface area (Å²) < 4.78 is 1.36. The van der Waals surface area contributed by atoms with E-state index in [1.165, 1.54) is 56.2 Å². The predicted octanol–water partition coefficient (Wildman–Crippen LogP) is -0.579. The van der Waals surface area contributed by atoms with E-state index in [1.54, 1.807) is 0 Å². The molecule has 0 radical (unpaired) electrons. The normalized spacial score (nSPS) is 20.5. The van der Waals surface area contributed by atoms with Gasteiger partial charge in [0.1, 0.15) is 0 Å². The Morgan fingerprint density at radius 3 is 2.17 bits per heavy atom. The Kier molecular flexibility index (Phi) is 6.20. The Morgan fingerprint density at radius 1 is 1.08 bits per heavy atom. The zero-order valence-corrected chi connectivity index (χ0v) is 10.1. The van der Waals surface area contributed by atoms with Gasteiger partial charge in [-0.25, -0.2) is 0 Å². The Hall–Kier alpha value is 0.440. The summed E-state index contributed by atoms with van der Waals surface area (Å²) in [5.41, 5.74) is 0. The fraction of sp³-hybridized carbons (Fsp3) is 1.00. The molecule has 0 amide bonds. The Morgan fingerprint density at radius 2 is 1.67 bits per heavy atom. The fourth-order valence-corrected chi connectivity index (χ4v) is 2.07. The first-order valence-electron chi connectivity index (χ1n) is 5.10. The van der Waals surface area contributed by atoms with E-state index in [0.29, 0.717) is 0 Å². The van der Waals surface area contributed by atoms with Crippen LogP contribution in [0.2, 0.25) is 0 Å². The van der Waals surface area contributed by atoms with Crippen LogP contribution in [-0.2, 0) is 0 Å². The van der Waals surface area contributed by atoms with Crippen molar-refractivity contribution in [3.8, 4) is 0 Å². The number of hydrogen-bond acceptors (Lipinski definition) is 0. The summed E-state index contributed by atoms with van der Waals surface area (Å²) in [7, 11) is 2.42. The van der Waals surface area contributed by atoms with Gasteiger partial charge in [0.2, 0.25) is 0 Å². The summed E-state index contributed by atoms with van der Waals surface area (Å²) in [6.07, 6.45) is 7.14. The summed E-state index contributed by atoms with van der Waals surface area (Å²) >= 11 is 0. The standard InChI is InChI=1S/C10H22N.BrH/c1-3-4-5-8-11(2)9-6-7-10-11;/h3-10H2,1-2H3;1H/q+1;/p-1. The van der Waals surface area contributed by atoms with E-state index >= 15 is 0 Å². The third-order valence-electron chi connectivity index (χ3n) is 2.95. The van der Waals surface area contributed by atoms with Gasteiger partial charge >= 0.3 is 0 Å². The van der Waals surface area contributed by atoms with Crippen LogP contribution in [0.25, 0.3) is 0 Å². The number of halogens is 1. The predicted molar refractivity (Wildman–Crippen MR) is 49.5 cm³/mol. The molecule has 1 aliphatic heterocycles. The lowest BCUT2D eigenvalue weighted by atomic mass is 10.2. The molecular formula is C10H22BrN. The number of rotatable bonds is 4. The Labute approximate surface area is 87.5 Å². The highest BCUT2D eigenvalue weighted by atomic mass is 79.9. The summed E-state index contributed by atoms with van der Waals surface area (Å²) in [4.78, 5) is 0. The van der Waals surface area contributed by atoms with E-state index < -0.39 is 0 Å². The molecule has 74 valence electrons. The lowest BCUT2D eigenvalue weighted by Crippen LogP contribution is -3.00. The molecule has 1 rings (SSSR count). The third-order valence-corrected chi connectivity index (χ3v) is 2.95. The van der Waals surface area contributed by atoms with Crippen LogP contribution in [0.5, 0.6) is 0 Å². The highest BCUT2D eigenvalue weighted by Gasteiger charge is 2.25. The van der Waals surface area contributed by atoms with Crippen LogP contribution in [0.15, 0.2) is 0 Å². The van der Waals surface area contributed by atoms with E-state index in [2.05, 4.69) is 14.0 Å².